The van der Waals surface area contributed by atoms with Gasteiger partial charge in [0.25, 0.3) is 0 Å². The molecule has 5 heteroatoms. The van der Waals surface area contributed by atoms with Gasteiger partial charge in [0.2, 0.25) is 0 Å². The highest BCUT2D eigenvalue weighted by molar-refractivity contribution is 7.13. The molecule has 0 aliphatic heterocycles. The van der Waals surface area contributed by atoms with Crippen LogP contribution < -0.4 is 0 Å². The van der Waals surface area contributed by atoms with Crippen molar-refractivity contribution in [2.75, 3.05) is 0 Å². The number of thiophene rings is 1. The fraction of sp³-hybridized carbons (Fsp3) is 0.100. The molecule has 2 aromatic rings. The standard InChI is InChI=1S/C10H6N4S/c11-3-4-14-7-8(6-12)10(13-14)9-2-1-5-15-9/h1-2,5,7H,4H2. The van der Waals surface area contributed by atoms with E-state index in [9.17, 15) is 0 Å². The molecule has 72 valence electrons. The number of rotatable bonds is 2. The van der Waals surface area contributed by atoms with E-state index >= 15 is 0 Å². The van der Waals surface area contributed by atoms with Crippen LogP contribution in [0.2, 0.25) is 0 Å². The predicted molar refractivity (Wildman–Crippen MR) is 55.9 cm³/mol. The normalized spacial score (nSPS) is 9.47. The quantitative estimate of drug-likeness (QED) is 0.768. The van der Waals surface area contributed by atoms with Crippen molar-refractivity contribution in [1.29, 1.82) is 10.5 Å². The Kier molecular flexibility index (Phi) is 2.49. The Morgan fingerprint density at radius 1 is 1.47 bits per heavy atom. The van der Waals surface area contributed by atoms with Crippen molar-refractivity contribution in [3.8, 4) is 22.7 Å². The molecule has 0 atom stereocenters. The zero-order valence-electron chi connectivity index (χ0n) is 7.71. The Morgan fingerprint density at radius 2 is 2.33 bits per heavy atom. The fourth-order valence-corrected chi connectivity index (χ4v) is 1.98. The maximum absolute atomic E-state index is 8.92. The number of hydrogen-bond donors (Lipinski definition) is 0. The van der Waals surface area contributed by atoms with E-state index in [-0.39, 0.29) is 6.54 Å². The molecule has 4 nitrogen and oxygen atoms in total. The first-order chi connectivity index (χ1) is 7.35. The van der Waals surface area contributed by atoms with Crippen LogP contribution in [0.15, 0.2) is 23.7 Å². The molecule has 0 amide bonds. The topological polar surface area (TPSA) is 65.4 Å². The van der Waals surface area contributed by atoms with Crippen LogP contribution in [0.4, 0.5) is 0 Å². The second kappa shape index (κ2) is 3.95. The highest BCUT2D eigenvalue weighted by atomic mass is 32.1. The van der Waals surface area contributed by atoms with Crippen molar-refractivity contribution < 1.29 is 0 Å². The van der Waals surface area contributed by atoms with Gasteiger partial charge < -0.3 is 0 Å². The minimum atomic E-state index is 0.167. The van der Waals surface area contributed by atoms with Gasteiger partial charge in [-0.3, -0.25) is 4.68 Å². The molecule has 0 saturated carbocycles. The predicted octanol–water partition coefficient (Wildman–Crippen LogP) is 2.01. The van der Waals surface area contributed by atoms with Gasteiger partial charge in [0.05, 0.1) is 16.5 Å². The average Bonchev–Trinajstić information content (AvgIpc) is 2.84. The zero-order valence-corrected chi connectivity index (χ0v) is 8.53. The van der Waals surface area contributed by atoms with E-state index in [2.05, 4.69) is 11.2 Å². The minimum Gasteiger partial charge on any atom is -0.257 e. The van der Waals surface area contributed by atoms with Gasteiger partial charge in [0, 0.05) is 6.20 Å². The molecule has 0 aliphatic rings. The van der Waals surface area contributed by atoms with Crippen molar-refractivity contribution in [1.82, 2.24) is 9.78 Å². The average molecular weight is 214 g/mol. The summed E-state index contributed by atoms with van der Waals surface area (Å²) in [6.07, 6.45) is 1.60. The smallest absolute Gasteiger partial charge is 0.128 e. The second-order valence-electron chi connectivity index (χ2n) is 2.84. The third kappa shape index (κ3) is 1.74. The van der Waals surface area contributed by atoms with E-state index in [0.717, 1.165) is 4.88 Å². The molecule has 0 aliphatic carbocycles. The van der Waals surface area contributed by atoms with Crippen LogP contribution in [0.5, 0.6) is 0 Å². The van der Waals surface area contributed by atoms with Gasteiger partial charge in [-0.2, -0.15) is 15.6 Å². The number of aromatic nitrogens is 2. The van der Waals surface area contributed by atoms with Crippen molar-refractivity contribution in [3.63, 3.8) is 0 Å². The molecule has 0 radical (unpaired) electrons. The molecule has 15 heavy (non-hydrogen) atoms. The molecular formula is C10H6N4S. The van der Waals surface area contributed by atoms with Crippen molar-refractivity contribution >= 4 is 11.3 Å². The molecule has 2 rings (SSSR count). The lowest BCUT2D eigenvalue weighted by Crippen LogP contribution is -1.95. The van der Waals surface area contributed by atoms with Crippen LogP contribution in [0.25, 0.3) is 10.6 Å². The summed E-state index contributed by atoms with van der Waals surface area (Å²) in [5.41, 5.74) is 1.16. The first-order valence-corrected chi connectivity index (χ1v) is 5.11. The number of nitrogens with zero attached hydrogens (tertiary/aromatic N) is 4. The van der Waals surface area contributed by atoms with Crippen molar-refractivity contribution in [2.24, 2.45) is 0 Å². The molecule has 0 unspecified atom stereocenters. The summed E-state index contributed by atoms with van der Waals surface area (Å²) in [6.45, 7) is 0.167. The summed E-state index contributed by atoms with van der Waals surface area (Å²) in [6, 6.07) is 7.88. The van der Waals surface area contributed by atoms with E-state index in [1.807, 2.05) is 23.6 Å². The van der Waals surface area contributed by atoms with Crippen molar-refractivity contribution in [3.05, 3.63) is 29.3 Å². The summed E-state index contributed by atoms with van der Waals surface area (Å²) < 4.78 is 1.48. The van der Waals surface area contributed by atoms with Gasteiger partial charge in [0.1, 0.15) is 18.3 Å². The van der Waals surface area contributed by atoms with Crippen LogP contribution in [0, 0.1) is 22.7 Å². The van der Waals surface area contributed by atoms with E-state index in [0.29, 0.717) is 11.3 Å². The molecule has 0 fully saturated rings. The number of nitriles is 2. The molecule has 0 spiro atoms. The SMILES string of the molecule is N#CCn1cc(C#N)c(-c2cccs2)n1. The lowest BCUT2D eigenvalue weighted by Gasteiger charge is -1.90. The maximum atomic E-state index is 8.92. The monoisotopic (exact) mass is 214 g/mol. The van der Waals surface area contributed by atoms with Gasteiger partial charge in [-0.15, -0.1) is 11.3 Å². The van der Waals surface area contributed by atoms with Gasteiger partial charge in [-0.1, -0.05) is 6.07 Å². The summed E-state index contributed by atoms with van der Waals surface area (Å²) in [5.74, 6) is 0. The van der Waals surface area contributed by atoms with E-state index in [1.54, 1.807) is 6.20 Å². The number of hydrogen-bond acceptors (Lipinski definition) is 4. The molecule has 2 heterocycles. The first kappa shape index (κ1) is 9.45. The van der Waals surface area contributed by atoms with Crippen LogP contribution >= 0.6 is 11.3 Å². The molecule has 0 bridgehead atoms. The Hall–Kier alpha value is -2.11. The Balaban J connectivity index is 2.48. The lowest BCUT2D eigenvalue weighted by molar-refractivity contribution is 0.712. The van der Waals surface area contributed by atoms with Crippen LogP contribution in [0.1, 0.15) is 5.56 Å². The van der Waals surface area contributed by atoms with Crippen LogP contribution in [-0.2, 0) is 6.54 Å². The molecular weight excluding hydrogens is 208 g/mol. The highest BCUT2D eigenvalue weighted by Crippen LogP contribution is 2.25. The fourth-order valence-electron chi connectivity index (χ4n) is 1.25. The lowest BCUT2D eigenvalue weighted by atomic mass is 10.2. The summed E-state index contributed by atoms with van der Waals surface area (Å²) in [7, 11) is 0. The molecule has 0 aromatic carbocycles. The largest absolute Gasteiger partial charge is 0.257 e. The van der Waals surface area contributed by atoms with Gasteiger partial charge in [-0.05, 0) is 11.4 Å². The zero-order chi connectivity index (χ0) is 10.7. The first-order valence-electron chi connectivity index (χ1n) is 4.23. The highest BCUT2D eigenvalue weighted by Gasteiger charge is 2.11. The van der Waals surface area contributed by atoms with Gasteiger partial charge in [0.15, 0.2) is 0 Å². The molecule has 0 saturated heterocycles. The Morgan fingerprint density at radius 3 is 2.93 bits per heavy atom. The molecule has 2 aromatic heterocycles. The van der Waals surface area contributed by atoms with E-state index in [1.165, 1.54) is 16.0 Å². The van der Waals surface area contributed by atoms with Crippen LogP contribution in [0.3, 0.4) is 0 Å². The third-order valence-electron chi connectivity index (χ3n) is 1.87. The van der Waals surface area contributed by atoms with E-state index in [4.69, 9.17) is 10.5 Å². The summed E-state index contributed by atoms with van der Waals surface area (Å²) in [4.78, 5) is 0.947. The molecule has 0 N–H and O–H groups in total. The third-order valence-corrected chi connectivity index (χ3v) is 2.75. The summed E-state index contributed by atoms with van der Waals surface area (Å²) in [5, 5.41) is 23.6. The Labute approximate surface area is 90.6 Å². The van der Waals surface area contributed by atoms with Crippen LogP contribution in [-0.4, -0.2) is 9.78 Å². The van der Waals surface area contributed by atoms with Gasteiger partial charge >= 0.3 is 0 Å². The summed E-state index contributed by atoms with van der Waals surface area (Å²) >= 11 is 1.53. The Bertz CT molecular complexity index is 539. The van der Waals surface area contributed by atoms with Crippen molar-refractivity contribution in [2.45, 2.75) is 6.54 Å². The van der Waals surface area contributed by atoms with Gasteiger partial charge in [-0.25, -0.2) is 0 Å². The maximum Gasteiger partial charge on any atom is 0.128 e. The van der Waals surface area contributed by atoms with E-state index < -0.39 is 0 Å². The second-order valence-corrected chi connectivity index (χ2v) is 3.78. The minimum absolute atomic E-state index is 0.167.